The van der Waals surface area contributed by atoms with Crippen molar-refractivity contribution in [1.29, 1.82) is 0 Å². The number of rotatable bonds is 12. The van der Waals surface area contributed by atoms with E-state index in [-0.39, 0.29) is 29.6 Å². The molecule has 0 saturated carbocycles. The average molecular weight is 630 g/mol. The molecular formula is C33H51N5O5S. The van der Waals surface area contributed by atoms with E-state index < -0.39 is 18.1 Å². The summed E-state index contributed by atoms with van der Waals surface area (Å²) in [5.41, 5.74) is 9.57. The summed E-state index contributed by atoms with van der Waals surface area (Å²) < 4.78 is -0.303. The van der Waals surface area contributed by atoms with Crippen molar-refractivity contribution in [2.45, 2.75) is 84.1 Å². The van der Waals surface area contributed by atoms with E-state index in [2.05, 4.69) is 40.3 Å². The monoisotopic (exact) mass is 629 g/mol. The molecular weight excluding hydrogens is 578 g/mol. The van der Waals surface area contributed by atoms with E-state index in [1.54, 1.807) is 43.0 Å². The van der Waals surface area contributed by atoms with Gasteiger partial charge >= 0.3 is 5.97 Å². The Balaban J connectivity index is 0.000000822. The number of unbranched alkanes of at least 4 members (excludes halogenated alkanes) is 1. The van der Waals surface area contributed by atoms with E-state index in [0.717, 1.165) is 24.0 Å². The zero-order valence-electron chi connectivity index (χ0n) is 26.9. The Morgan fingerprint density at radius 1 is 1.07 bits per heavy atom. The maximum Gasteiger partial charge on any atom is 0.326 e. The van der Waals surface area contributed by atoms with Gasteiger partial charge < -0.3 is 31.9 Å². The first-order valence-corrected chi connectivity index (χ1v) is 15.9. The van der Waals surface area contributed by atoms with Crippen LogP contribution < -0.4 is 27.0 Å². The van der Waals surface area contributed by atoms with Crippen LogP contribution in [0.2, 0.25) is 0 Å². The van der Waals surface area contributed by atoms with Crippen LogP contribution in [0.3, 0.4) is 0 Å². The molecule has 0 radical (unpaired) electrons. The molecule has 1 aliphatic rings. The molecule has 11 heteroatoms. The topological polar surface area (TPSA) is 166 Å². The van der Waals surface area contributed by atoms with E-state index in [1.807, 2.05) is 45.9 Å². The molecule has 2 atom stereocenters. The predicted molar refractivity (Wildman–Crippen MR) is 180 cm³/mol. The van der Waals surface area contributed by atoms with Gasteiger partial charge in [0.25, 0.3) is 0 Å². The molecule has 8 N–H and O–H groups in total. The van der Waals surface area contributed by atoms with Crippen LogP contribution >= 0.6 is 11.8 Å². The minimum atomic E-state index is -1.09. The number of aliphatic hydroxyl groups excluding tert-OH is 1. The molecule has 3 rings (SSSR count). The highest BCUT2D eigenvalue weighted by molar-refractivity contribution is 8.00. The van der Waals surface area contributed by atoms with Crippen molar-refractivity contribution in [2.24, 2.45) is 5.73 Å². The SMILES string of the molecule is CC(C)=C(N)NCCCCC(=O)Nc1ccc(CC(NC(=O)C2NCSC2(C)C)C(=O)O)cc1.CCO.Cc1ccccc1. The third-order valence-electron chi connectivity index (χ3n) is 6.61. The second kappa shape index (κ2) is 20.4. The third-order valence-corrected chi connectivity index (χ3v) is 7.90. The molecule has 1 heterocycles. The van der Waals surface area contributed by atoms with Gasteiger partial charge in [-0.15, -0.1) is 11.8 Å². The van der Waals surface area contributed by atoms with Crippen molar-refractivity contribution in [2.75, 3.05) is 24.3 Å². The Bertz CT molecular complexity index is 1180. The number of thioether (sulfide) groups is 1. The number of allylic oxidation sites excluding steroid dienone is 1. The summed E-state index contributed by atoms with van der Waals surface area (Å²) in [7, 11) is 0. The van der Waals surface area contributed by atoms with Gasteiger partial charge in [0, 0.05) is 42.3 Å². The van der Waals surface area contributed by atoms with E-state index >= 15 is 0 Å². The number of hydrogen-bond acceptors (Lipinski definition) is 8. The number of carbonyl (C=O) groups excluding carboxylic acids is 2. The van der Waals surface area contributed by atoms with Crippen LogP contribution in [0.25, 0.3) is 0 Å². The number of carboxylic acid groups (broad SMARTS) is 1. The molecule has 244 valence electrons. The fraction of sp³-hybridized carbons (Fsp3) is 0.485. The first-order valence-electron chi connectivity index (χ1n) is 14.9. The highest BCUT2D eigenvalue weighted by atomic mass is 32.2. The van der Waals surface area contributed by atoms with Gasteiger partial charge in [-0.3, -0.25) is 14.9 Å². The van der Waals surface area contributed by atoms with Crippen molar-refractivity contribution >= 4 is 35.2 Å². The Kier molecular flexibility index (Phi) is 17.9. The summed E-state index contributed by atoms with van der Waals surface area (Å²) in [6.07, 6.45) is 2.11. The van der Waals surface area contributed by atoms with Crippen LogP contribution in [0.15, 0.2) is 66.0 Å². The van der Waals surface area contributed by atoms with Gasteiger partial charge in [-0.1, -0.05) is 48.0 Å². The summed E-state index contributed by atoms with van der Waals surface area (Å²) in [4.78, 5) is 36.5. The lowest BCUT2D eigenvalue weighted by Gasteiger charge is -2.26. The average Bonchev–Trinajstić information content (AvgIpc) is 3.33. The number of carboxylic acids is 1. The van der Waals surface area contributed by atoms with Gasteiger partial charge in [-0.05, 0) is 77.7 Å². The summed E-state index contributed by atoms with van der Waals surface area (Å²) in [6, 6.07) is 15.8. The van der Waals surface area contributed by atoms with Gasteiger partial charge in [-0.25, -0.2) is 4.79 Å². The number of aryl methyl sites for hydroxylation is 1. The van der Waals surface area contributed by atoms with E-state index in [9.17, 15) is 19.5 Å². The quantitative estimate of drug-likeness (QED) is 0.171. The van der Waals surface area contributed by atoms with Gasteiger partial charge in [-0.2, -0.15) is 0 Å². The number of amides is 2. The number of hydrogen-bond donors (Lipinski definition) is 7. The lowest BCUT2D eigenvalue weighted by molar-refractivity contribution is -0.142. The zero-order chi connectivity index (χ0) is 33.1. The Morgan fingerprint density at radius 3 is 2.16 bits per heavy atom. The normalized spacial score (nSPS) is 15.3. The molecule has 1 aliphatic heterocycles. The van der Waals surface area contributed by atoms with E-state index in [0.29, 0.717) is 30.4 Å². The smallest absolute Gasteiger partial charge is 0.326 e. The van der Waals surface area contributed by atoms with Crippen molar-refractivity contribution in [1.82, 2.24) is 16.0 Å². The van der Waals surface area contributed by atoms with Crippen molar-refractivity contribution < 1.29 is 24.6 Å². The van der Waals surface area contributed by atoms with Crippen LogP contribution in [-0.4, -0.2) is 63.9 Å². The first-order chi connectivity index (χ1) is 20.8. The lowest BCUT2D eigenvalue weighted by Crippen LogP contribution is -2.54. The number of aliphatic hydroxyl groups is 1. The van der Waals surface area contributed by atoms with E-state index in [1.165, 1.54) is 5.56 Å². The van der Waals surface area contributed by atoms with Crippen LogP contribution in [0.1, 0.15) is 65.0 Å². The Labute approximate surface area is 266 Å². The molecule has 0 spiro atoms. The number of carbonyl (C=O) groups is 3. The Hall–Kier alpha value is -3.54. The maximum absolute atomic E-state index is 12.6. The second-order valence-corrected chi connectivity index (χ2v) is 12.8. The largest absolute Gasteiger partial charge is 0.480 e. The third kappa shape index (κ3) is 15.3. The van der Waals surface area contributed by atoms with Crippen LogP contribution in [-0.2, 0) is 20.8 Å². The number of anilines is 1. The molecule has 0 aliphatic carbocycles. The molecule has 2 aromatic rings. The van der Waals surface area contributed by atoms with Gasteiger partial charge in [0.2, 0.25) is 11.8 Å². The zero-order valence-corrected chi connectivity index (χ0v) is 27.7. The van der Waals surface area contributed by atoms with E-state index in [4.69, 9.17) is 10.8 Å². The molecule has 44 heavy (non-hydrogen) atoms. The summed E-state index contributed by atoms with van der Waals surface area (Å²) in [5, 5.41) is 28.9. The van der Waals surface area contributed by atoms with Crippen LogP contribution in [0.4, 0.5) is 5.69 Å². The fourth-order valence-electron chi connectivity index (χ4n) is 4.03. The molecule has 2 aromatic carbocycles. The summed E-state index contributed by atoms with van der Waals surface area (Å²) in [5.74, 6) is -0.160. The maximum atomic E-state index is 12.6. The molecule has 1 saturated heterocycles. The van der Waals surface area contributed by atoms with Crippen molar-refractivity contribution in [3.63, 3.8) is 0 Å². The van der Waals surface area contributed by atoms with Crippen LogP contribution in [0.5, 0.6) is 0 Å². The summed E-state index contributed by atoms with van der Waals surface area (Å²) >= 11 is 1.63. The van der Waals surface area contributed by atoms with Crippen molar-refractivity contribution in [3.8, 4) is 0 Å². The number of nitrogens with one attached hydrogen (secondary N) is 4. The number of benzene rings is 2. The van der Waals surface area contributed by atoms with Crippen molar-refractivity contribution in [3.05, 3.63) is 77.1 Å². The van der Waals surface area contributed by atoms with Crippen LogP contribution in [0, 0.1) is 6.92 Å². The molecule has 1 fully saturated rings. The molecule has 2 amide bonds. The number of aliphatic carboxylic acids is 1. The molecule has 0 aromatic heterocycles. The Morgan fingerprint density at radius 2 is 1.68 bits per heavy atom. The second-order valence-electron chi connectivity index (χ2n) is 11.1. The van der Waals surface area contributed by atoms with Gasteiger partial charge in [0.15, 0.2) is 0 Å². The standard InChI is InChI=1S/C24H37N5O4S.C7H8.C2H6O/c1-15(2)21(25)26-12-6-5-7-19(30)28-17-10-8-16(9-11-17)13-18(23(32)33)29-22(31)20-24(3,4)34-14-27-20;1-7-5-3-2-4-6-7;1-2-3/h8-11,18,20,26-27H,5-7,12-14,25H2,1-4H3,(H,28,30)(H,29,31)(H,32,33);2-6H,1H3;3H,2H2,1H3. The van der Waals surface area contributed by atoms with Gasteiger partial charge in [0.05, 0.1) is 5.82 Å². The highest BCUT2D eigenvalue weighted by Gasteiger charge is 2.41. The first kappa shape index (κ1) is 38.5. The predicted octanol–water partition coefficient (Wildman–Crippen LogP) is 4.14. The molecule has 0 bridgehead atoms. The fourth-order valence-corrected chi connectivity index (χ4v) is 5.01. The lowest BCUT2D eigenvalue weighted by atomic mass is 10.0. The highest BCUT2D eigenvalue weighted by Crippen LogP contribution is 2.33. The minimum Gasteiger partial charge on any atom is -0.480 e. The minimum absolute atomic E-state index is 0.0804. The van der Waals surface area contributed by atoms with Gasteiger partial charge in [0.1, 0.15) is 12.1 Å². The molecule has 2 unspecified atom stereocenters. The molecule has 10 nitrogen and oxygen atoms in total. The summed E-state index contributed by atoms with van der Waals surface area (Å²) in [6.45, 7) is 12.5. The number of nitrogens with two attached hydrogens (primary N) is 1.